The number of alkyl halides is 1. The van der Waals surface area contributed by atoms with Crippen molar-refractivity contribution in [3.63, 3.8) is 0 Å². The van der Waals surface area contributed by atoms with Gasteiger partial charge in [-0.25, -0.2) is 22.9 Å². The number of hydrogen-bond acceptors (Lipinski definition) is 11. The lowest BCUT2D eigenvalue weighted by Gasteiger charge is -2.46. The van der Waals surface area contributed by atoms with Gasteiger partial charge in [0.15, 0.2) is 12.6 Å². The lowest BCUT2D eigenvalue weighted by atomic mass is 9.95. The number of fused-ring (bicyclic) bond motifs is 7. The van der Waals surface area contributed by atoms with Crippen LogP contribution in [0.25, 0.3) is 32.9 Å². The Kier molecular flexibility index (Phi) is 8.45. The van der Waals surface area contributed by atoms with Gasteiger partial charge in [0.05, 0.1) is 23.7 Å². The third-order valence-corrected chi connectivity index (χ3v) is 11.5. The maximum absolute atomic E-state index is 17.4. The molecule has 15 heteroatoms. The van der Waals surface area contributed by atoms with E-state index in [1.54, 1.807) is 18.2 Å². The molecule has 2 aromatic carbocycles. The molecule has 4 aromatic rings. The van der Waals surface area contributed by atoms with E-state index in [0.717, 1.165) is 25.8 Å². The van der Waals surface area contributed by atoms with E-state index in [1.165, 1.54) is 19.2 Å². The first-order valence-corrected chi connectivity index (χ1v) is 18.6. The predicted octanol–water partition coefficient (Wildman–Crippen LogP) is 6.41. The van der Waals surface area contributed by atoms with Crippen LogP contribution in [0.15, 0.2) is 30.3 Å². The van der Waals surface area contributed by atoms with Gasteiger partial charge in [0.25, 0.3) is 0 Å². The third-order valence-electron chi connectivity index (χ3n) is 11.5. The fraction of sp³-hybridized carbons (Fsp3) is 0.538. The second-order valence-electron chi connectivity index (χ2n) is 16.1. The highest BCUT2D eigenvalue weighted by Crippen LogP contribution is 2.47. The van der Waals surface area contributed by atoms with Crippen molar-refractivity contribution >= 4 is 33.6 Å². The number of hydrogen-bond donors (Lipinski definition) is 0. The van der Waals surface area contributed by atoms with Gasteiger partial charge in [-0.2, -0.15) is 9.97 Å². The molecule has 0 unspecified atom stereocenters. The summed E-state index contributed by atoms with van der Waals surface area (Å²) in [6.45, 7) is 7.17. The molecule has 0 N–H and O–H groups in total. The second kappa shape index (κ2) is 13.0. The number of carbonyl (C=O) groups excluding carboxylic acids is 1. The highest BCUT2D eigenvalue weighted by Gasteiger charge is 2.52. The second-order valence-corrected chi connectivity index (χ2v) is 16.1. The van der Waals surface area contributed by atoms with Crippen LogP contribution in [0.4, 0.5) is 23.8 Å². The molecule has 0 aliphatic carbocycles. The van der Waals surface area contributed by atoms with Crippen LogP contribution in [0, 0.1) is 11.6 Å². The molecular weight excluding hydrogens is 705 g/mol. The first-order chi connectivity index (χ1) is 25.9. The molecule has 12 nitrogen and oxygen atoms in total. The van der Waals surface area contributed by atoms with Gasteiger partial charge in [0.1, 0.15) is 59.0 Å². The number of methoxy groups -OCH3 is 1. The Labute approximate surface area is 310 Å². The lowest BCUT2D eigenvalue weighted by Crippen LogP contribution is -2.63. The first-order valence-electron chi connectivity index (χ1n) is 18.6. The molecule has 54 heavy (non-hydrogen) atoms. The number of halogens is 3. The van der Waals surface area contributed by atoms with E-state index in [9.17, 15) is 9.18 Å². The Bertz CT molecular complexity index is 2150. The molecule has 286 valence electrons. The number of aromatic nitrogens is 3. The van der Waals surface area contributed by atoms with Crippen LogP contribution in [0.3, 0.4) is 0 Å². The number of anilines is 1. The summed E-state index contributed by atoms with van der Waals surface area (Å²) in [5, 5.41) is 0.862. The van der Waals surface area contributed by atoms with Crippen LogP contribution < -0.4 is 19.1 Å². The average molecular weight is 749 g/mol. The minimum Gasteiger partial charge on any atom is -0.475 e. The Morgan fingerprint density at radius 2 is 1.91 bits per heavy atom. The van der Waals surface area contributed by atoms with Crippen LogP contribution in [0.1, 0.15) is 52.9 Å². The fourth-order valence-electron chi connectivity index (χ4n) is 9.31. The van der Waals surface area contributed by atoms with Crippen LogP contribution in [0.2, 0.25) is 0 Å². The Hall–Kier alpha value is -4.63. The van der Waals surface area contributed by atoms with E-state index in [4.69, 9.17) is 33.7 Å². The maximum Gasteiger partial charge on any atom is 0.410 e. The molecule has 5 aliphatic rings. The van der Waals surface area contributed by atoms with Gasteiger partial charge in [-0.3, -0.25) is 9.80 Å². The van der Waals surface area contributed by atoms with Crippen LogP contribution in [-0.2, 0) is 9.47 Å². The monoisotopic (exact) mass is 748 g/mol. The Balaban J connectivity index is 1.19. The van der Waals surface area contributed by atoms with Gasteiger partial charge >= 0.3 is 12.1 Å². The molecule has 1 amide bonds. The zero-order valence-corrected chi connectivity index (χ0v) is 30.7. The van der Waals surface area contributed by atoms with Crippen molar-refractivity contribution in [2.45, 2.75) is 88.3 Å². The van der Waals surface area contributed by atoms with Crippen LogP contribution in [-0.4, -0.2) is 113 Å². The summed E-state index contributed by atoms with van der Waals surface area (Å²) in [7, 11) is 1.48. The topological polar surface area (TPSA) is 112 Å². The first kappa shape index (κ1) is 35.1. The number of piperazine rings is 1. The highest BCUT2D eigenvalue weighted by atomic mass is 19.1. The quantitative estimate of drug-likeness (QED) is 0.196. The summed E-state index contributed by atoms with van der Waals surface area (Å²) in [5.41, 5.74) is -1.35. The molecule has 0 spiro atoms. The van der Waals surface area contributed by atoms with Gasteiger partial charge < -0.3 is 28.6 Å². The van der Waals surface area contributed by atoms with Crippen LogP contribution in [0.5, 0.6) is 17.6 Å². The number of nitrogens with zero attached hydrogens (tertiary/aromatic N) is 6. The van der Waals surface area contributed by atoms with Crippen molar-refractivity contribution in [3.8, 4) is 28.9 Å². The van der Waals surface area contributed by atoms with Gasteiger partial charge in [-0.1, -0.05) is 12.1 Å². The molecule has 5 atom stereocenters. The molecule has 9 rings (SSSR count). The summed E-state index contributed by atoms with van der Waals surface area (Å²) in [5.74, 6) is -0.626. The number of pyridine rings is 1. The third kappa shape index (κ3) is 5.81. The standard InChI is InChI=1S/C39H43F3N6O6/c1-38(2,3)54-37(49)48-23-9-10-27(48)28-18-51-35-30-33(31(42)32(43-35)25-14-24(53-20-50-4)13-21-7-5-8-26(41)29(21)25)44-36(45-34(30)47(28)17-23)52-19-39-11-6-12-46(39)16-22(40)15-39/h5,7-8,13-14,22-23,27-28H,6,9-12,15-20H2,1-4H3/t22-,23-,27+,28+,39-/m0/s1. The van der Waals surface area contributed by atoms with Crippen molar-refractivity contribution in [3.05, 3.63) is 42.0 Å². The highest BCUT2D eigenvalue weighted by molar-refractivity contribution is 6.02. The van der Waals surface area contributed by atoms with E-state index in [1.807, 2.05) is 25.7 Å². The number of carbonyl (C=O) groups is 1. The summed E-state index contributed by atoms with van der Waals surface area (Å²) in [6.07, 6.45) is 2.13. The van der Waals surface area contributed by atoms with Crippen molar-refractivity contribution in [1.29, 1.82) is 0 Å². The maximum atomic E-state index is 17.4. The Morgan fingerprint density at radius 1 is 1.06 bits per heavy atom. The van der Waals surface area contributed by atoms with Gasteiger partial charge in [-0.05, 0) is 76.6 Å². The van der Waals surface area contributed by atoms with E-state index < -0.39 is 41.1 Å². The molecule has 5 aliphatic heterocycles. The number of amides is 1. The number of rotatable bonds is 7. The van der Waals surface area contributed by atoms with Gasteiger partial charge in [0.2, 0.25) is 5.88 Å². The van der Waals surface area contributed by atoms with Gasteiger partial charge in [-0.15, -0.1) is 0 Å². The molecule has 2 bridgehead atoms. The van der Waals surface area contributed by atoms with Crippen molar-refractivity contribution in [2.75, 3.05) is 51.7 Å². The summed E-state index contributed by atoms with van der Waals surface area (Å²) in [4.78, 5) is 33.8. The smallest absolute Gasteiger partial charge is 0.410 e. The molecular formula is C39H43F3N6O6. The van der Waals surface area contributed by atoms with Crippen molar-refractivity contribution in [2.24, 2.45) is 0 Å². The van der Waals surface area contributed by atoms with E-state index in [-0.39, 0.29) is 71.5 Å². The van der Waals surface area contributed by atoms with E-state index >= 15 is 8.78 Å². The summed E-state index contributed by atoms with van der Waals surface area (Å²) in [6, 6.07) is 6.81. The fourth-order valence-corrected chi connectivity index (χ4v) is 9.31. The van der Waals surface area contributed by atoms with E-state index in [0.29, 0.717) is 42.9 Å². The van der Waals surface area contributed by atoms with E-state index in [2.05, 4.69) is 14.8 Å². The SMILES string of the molecule is COCOc1cc(-c2nc3c4c(nc(OC[C@@]56CCCN5C[C@@H](F)C6)nc4c2F)N2C[C@@H]4CC[C@H]([C@H]2CO3)N4C(=O)OC(C)(C)C)c2c(F)cccc2c1. The Morgan fingerprint density at radius 3 is 2.72 bits per heavy atom. The van der Waals surface area contributed by atoms with Crippen molar-refractivity contribution < 1.29 is 41.7 Å². The number of benzene rings is 2. The molecule has 4 saturated heterocycles. The molecule has 7 heterocycles. The summed E-state index contributed by atoms with van der Waals surface area (Å²) >= 11 is 0. The minimum absolute atomic E-state index is 0.0705. The normalized spacial score (nSPS) is 26.1. The molecule has 4 fully saturated rings. The average Bonchev–Trinajstić information content (AvgIpc) is 3.73. The van der Waals surface area contributed by atoms with Crippen molar-refractivity contribution in [1.82, 2.24) is 24.8 Å². The van der Waals surface area contributed by atoms with Gasteiger partial charge in [0, 0.05) is 37.6 Å². The largest absolute Gasteiger partial charge is 0.475 e. The lowest BCUT2D eigenvalue weighted by molar-refractivity contribution is 0.00537. The molecule has 0 radical (unpaired) electrons. The zero-order valence-electron chi connectivity index (χ0n) is 30.7. The van der Waals surface area contributed by atoms with Crippen LogP contribution >= 0.6 is 0 Å². The molecule has 2 aromatic heterocycles. The minimum atomic E-state index is -0.960. The summed E-state index contributed by atoms with van der Waals surface area (Å²) < 4.78 is 77.2. The zero-order chi connectivity index (χ0) is 37.5. The predicted molar refractivity (Wildman–Crippen MR) is 193 cm³/mol. The molecule has 0 saturated carbocycles. The number of ether oxygens (including phenoxy) is 5.